The highest BCUT2D eigenvalue weighted by Gasteiger charge is 2.16. The number of nitrogens with one attached hydrogen (secondary N) is 1. The summed E-state index contributed by atoms with van der Waals surface area (Å²) in [5, 5.41) is 12.1. The van der Waals surface area contributed by atoms with E-state index in [4.69, 9.17) is 5.11 Å². The maximum absolute atomic E-state index is 12.7. The Morgan fingerprint density at radius 2 is 2.00 bits per heavy atom. The third-order valence-electron chi connectivity index (χ3n) is 2.82. The van der Waals surface area contributed by atoms with Crippen LogP contribution in [0.1, 0.15) is 31.7 Å². The van der Waals surface area contributed by atoms with E-state index >= 15 is 0 Å². The molecule has 18 heavy (non-hydrogen) atoms. The van der Waals surface area contributed by atoms with Gasteiger partial charge in [-0.25, -0.2) is 4.39 Å². The molecule has 2 N–H and O–H groups in total. The van der Waals surface area contributed by atoms with Gasteiger partial charge in [-0.15, -0.1) is 0 Å². The molecule has 100 valence electrons. The van der Waals surface area contributed by atoms with Gasteiger partial charge in [-0.2, -0.15) is 0 Å². The van der Waals surface area contributed by atoms with Crippen molar-refractivity contribution in [2.45, 2.75) is 38.6 Å². The summed E-state index contributed by atoms with van der Waals surface area (Å²) < 4.78 is 12.7. The average Bonchev–Trinajstić information content (AvgIpc) is 2.35. The Morgan fingerprint density at radius 3 is 2.56 bits per heavy atom. The fraction of sp³-hybridized carbons (Fsp3) is 0.500. The minimum atomic E-state index is -0.865. The lowest BCUT2D eigenvalue weighted by atomic mass is 10.1. The summed E-state index contributed by atoms with van der Waals surface area (Å²) in [6.45, 7) is 2.80. The van der Waals surface area contributed by atoms with Gasteiger partial charge in [0, 0.05) is 0 Å². The fourth-order valence-corrected chi connectivity index (χ4v) is 1.75. The summed E-state index contributed by atoms with van der Waals surface area (Å²) in [7, 11) is 0. The largest absolute Gasteiger partial charge is 0.480 e. The van der Waals surface area contributed by atoms with E-state index in [9.17, 15) is 9.18 Å². The number of aliphatic carboxylic acids is 1. The van der Waals surface area contributed by atoms with Gasteiger partial charge in [-0.1, -0.05) is 31.9 Å². The molecule has 0 aromatic heterocycles. The molecule has 1 rings (SSSR count). The molecule has 0 unspecified atom stereocenters. The number of carboxylic acid groups (broad SMARTS) is 1. The van der Waals surface area contributed by atoms with Gasteiger partial charge in [-0.3, -0.25) is 4.79 Å². The Morgan fingerprint density at radius 1 is 1.33 bits per heavy atom. The summed E-state index contributed by atoms with van der Waals surface area (Å²) in [6.07, 6.45) is 3.55. The second-order valence-electron chi connectivity index (χ2n) is 4.38. The number of carboxylic acids is 1. The highest BCUT2D eigenvalue weighted by atomic mass is 19.1. The smallest absolute Gasteiger partial charge is 0.321 e. The maximum atomic E-state index is 12.7. The zero-order chi connectivity index (χ0) is 13.4. The average molecular weight is 253 g/mol. The van der Waals surface area contributed by atoms with Crippen molar-refractivity contribution in [2.24, 2.45) is 0 Å². The van der Waals surface area contributed by atoms with E-state index in [0.717, 1.165) is 24.8 Å². The molecule has 0 spiro atoms. The van der Waals surface area contributed by atoms with E-state index in [1.54, 1.807) is 12.1 Å². The number of unbranched alkanes of at least 4 members (excludes halogenated alkanes) is 2. The lowest BCUT2D eigenvalue weighted by Gasteiger charge is -2.14. The maximum Gasteiger partial charge on any atom is 0.321 e. The molecule has 0 aliphatic heterocycles. The van der Waals surface area contributed by atoms with Gasteiger partial charge in [0.15, 0.2) is 0 Å². The van der Waals surface area contributed by atoms with Gasteiger partial charge in [0.05, 0.1) is 0 Å². The molecule has 0 saturated heterocycles. The molecule has 1 atom stereocenters. The summed E-state index contributed by atoms with van der Waals surface area (Å²) in [6, 6.07) is 5.35. The molecule has 0 heterocycles. The zero-order valence-corrected chi connectivity index (χ0v) is 10.7. The van der Waals surface area contributed by atoms with Crippen LogP contribution >= 0.6 is 0 Å². The van der Waals surface area contributed by atoms with Crippen molar-refractivity contribution in [3.05, 3.63) is 35.6 Å². The second kappa shape index (κ2) is 7.82. The predicted octanol–water partition coefficient (Wildman–Crippen LogP) is 2.60. The number of benzene rings is 1. The lowest BCUT2D eigenvalue weighted by molar-refractivity contribution is -0.139. The van der Waals surface area contributed by atoms with Crippen LogP contribution in [0.5, 0.6) is 0 Å². The van der Waals surface area contributed by atoms with E-state index in [1.165, 1.54) is 12.1 Å². The quantitative estimate of drug-likeness (QED) is 0.700. The number of carbonyl (C=O) groups is 1. The van der Waals surface area contributed by atoms with Crippen LogP contribution in [0.25, 0.3) is 0 Å². The van der Waals surface area contributed by atoms with Crippen molar-refractivity contribution in [1.29, 1.82) is 0 Å². The van der Waals surface area contributed by atoms with Crippen molar-refractivity contribution in [3.63, 3.8) is 0 Å². The normalized spacial score (nSPS) is 12.3. The highest BCUT2D eigenvalue weighted by molar-refractivity contribution is 5.73. The second-order valence-corrected chi connectivity index (χ2v) is 4.38. The van der Waals surface area contributed by atoms with Gasteiger partial charge in [-0.05, 0) is 37.1 Å². The monoisotopic (exact) mass is 253 g/mol. The topological polar surface area (TPSA) is 49.3 Å². The van der Waals surface area contributed by atoms with Crippen molar-refractivity contribution < 1.29 is 14.3 Å². The van der Waals surface area contributed by atoms with Crippen molar-refractivity contribution >= 4 is 5.97 Å². The summed E-state index contributed by atoms with van der Waals surface area (Å²) >= 11 is 0. The third kappa shape index (κ3) is 5.27. The zero-order valence-electron chi connectivity index (χ0n) is 10.7. The Hall–Kier alpha value is -1.42. The van der Waals surface area contributed by atoms with Gasteiger partial charge in [0.1, 0.15) is 11.9 Å². The standard InChI is InChI=1S/C14H20FNO2/c1-2-3-4-9-16-13(14(17)18)10-11-5-7-12(15)8-6-11/h5-8,13,16H,2-4,9-10H2,1H3,(H,17,18)/t13-/m0/s1. The molecule has 0 aliphatic carbocycles. The van der Waals surface area contributed by atoms with Crippen LogP contribution in [-0.4, -0.2) is 23.7 Å². The molecule has 0 bridgehead atoms. The molecule has 1 aromatic carbocycles. The van der Waals surface area contributed by atoms with E-state index < -0.39 is 12.0 Å². The Bertz CT molecular complexity index is 365. The van der Waals surface area contributed by atoms with Gasteiger partial charge >= 0.3 is 5.97 Å². The number of hydrogen-bond acceptors (Lipinski definition) is 2. The van der Waals surface area contributed by atoms with E-state index in [2.05, 4.69) is 12.2 Å². The van der Waals surface area contributed by atoms with E-state index in [1.807, 2.05) is 0 Å². The van der Waals surface area contributed by atoms with E-state index in [-0.39, 0.29) is 5.82 Å². The first-order chi connectivity index (χ1) is 8.63. The van der Waals surface area contributed by atoms with Gasteiger partial charge < -0.3 is 10.4 Å². The molecule has 3 nitrogen and oxygen atoms in total. The first-order valence-corrected chi connectivity index (χ1v) is 6.34. The van der Waals surface area contributed by atoms with Gasteiger partial charge in [0.25, 0.3) is 0 Å². The molecule has 1 aromatic rings. The minimum absolute atomic E-state index is 0.304. The Kier molecular flexibility index (Phi) is 6.36. The summed E-state index contributed by atoms with van der Waals surface area (Å²) in [5.41, 5.74) is 0.826. The Balaban J connectivity index is 2.47. The van der Waals surface area contributed by atoms with Crippen LogP contribution in [-0.2, 0) is 11.2 Å². The molecule has 0 radical (unpaired) electrons. The number of rotatable bonds is 8. The first-order valence-electron chi connectivity index (χ1n) is 6.34. The SMILES string of the molecule is CCCCCN[C@@H](Cc1ccc(F)cc1)C(=O)O. The third-order valence-corrected chi connectivity index (χ3v) is 2.82. The van der Waals surface area contributed by atoms with Crippen LogP contribution in [0.4, 0.5) is 4.39 Å². The summed E-state index contributed by atoms with van der Waals surface area (Å²) in [4.78, 5) is 11.1. The lowest BCUT2D eigenvalue weighted by Crippen LogP contribution is -2.39. The van der Waals surface area contributed by atoms with Gasteiger partial charge in [0.2, 0.25) is 0 Å². The molecule has 0 aliphatic rings. The van der Waals surface area contributed by atoms with Crippen LogP contribution in [0, 0.1) is 5.82 Å². The van der Waals surface area contributed by atoms with Crippen molar-refractivity contribution in [3.8, 4) is 0 Å². The van der Waals surface area contributed by atoms with Crippen LogP contribution < -0.4 is 5.32 Å². The highest BCUT2D eigenvalue weighted by Crippen LogP contribution is 2.06. The summed E-state index contributed by atoms with van der Waals surface area (Å²) in [5.74, 6) is -1.17. The van der Waals surface area contributed by atoms with Crippen LogP contribution in [0.2, 0.25) is 0 Å². The molecule has 4 heteroatoms. The molecular weight excluding hydrogens is 233 g/mol. The van der Waals surface area contributed by atoms with E-state index in [0.29, 0.717) is 13.0 Å². The minimum Gasteiger partial charge on any atom is -0.480 e. The molecule has 0 fully saturated rings. The number of halogens is 1. The Labute approximate surface area is 107 Å². The van der Waals surface area contributed by atoms with Crippen molar-refractivity contribution in [1.82, 2.24) is 5.32 Å². The predicted molar refractivity (Wildman–Crippen MR) is 69.1 cm³/mol. The number of hydrogen-bond donors (Lipinski definition) is 2. The fourth-order valence-electron chi connectivity index (χ4n) is 1.75. The molecular formula is C14H20FNO2. The first kappa shape index (κ1) is 14.6. The van der Waals surface area contributed by atoms with Crippen LogP contribution in [0.15, 0.2) is 24.3 Å². The molecule has 0 saturated carbocycles. The molecule has 0 amide bonds. The van der Waals surface area contributed by atoms with Crippen molar-refractivity contribution in [2.75, 3.05) is 6.54 Å². The van der Waals surface area contributed by atoms with Crippen LogP contribution in [0.3, 0.4) is 0 Å².